The summed E-state index contributed by atoms with van der Waals surface area (Å²) in [6, 6.07) is 0. The van der Waals surface area contributed by atoms with Crippen molar-refractivity contribution in [2.24, 2.45) is 5.73 Å². The summed E-state index contributed by atoms with van der Waals surface area (Å²) < 4.78 is 0. The summed E-state index contributed by atoms with van der Waals surface area (Å²) in [4.78, 5) is 10.6. The molecule has 0 saturated heterocycles. The fourth-order valence-corrected chi connectivity index (χ4v) is 0.362. The maximum Gasteiger partial charge on any atom is 0.252 e. The van der Waals surface area contributed by atoms with E-state index in [0.717, 1.165) is 0 Å². The molecule has 0 bridgehead atoms. The first-order valence-corrected chi connectivity index (χ1v) is 2.69. The largest absolute Gasteiger partial charge is 0.379 e. The van der Waals surface area contributed by atoms with Crippen LogP contribution in [0.4, 0.5) is 0 Å². The van der Waals surface area contributed by atoms with Crippen molar-refractivity contribution in [3.8, 4) is 0 Å². The highest BCUT2D eigenvalue weighted by atomic mass is 16.3. The van der Waals surface area contributed by atoms with Gasteiger partial charge in [0.2, 0.25) is 0 Å². The van der Waals surface area contributed by atoms with Crippen LogP contribution in [-0.4, -0.2) is 30.2 Å². The van der Waals surface area contributed by atoms with Crippen molar-refractivity contribution in [3.63, 3.8) is 0 Å². The van der Waals surface area contributed by atoms with E-state index in [2.05, 4.69) is 5.32 Å². The van der Waals surface area contributed by atoms with E-state index in [1.165, 1.54) is 14.0 Å². The van der Waals surface area contributed by atoms with Gasteiger partial charge in [-0.1, -0.05) is 0 Å². The average molecular weight is 132 g/mol. The Bertz CT molecular complexity index is 112. The molecule has 0 aromatic rings. The van der Waals surface area contributed by atoms with Crippen molar-refractivity contribution in [1.82, 2.24) is 5.32 Å². The van der Waals surface area contributed by atoms with Gasteiger partial charge in [-0.3, -0.25) is 4.79 Å². The second-order valence-corrected chi connectivity index (χ2v) is 2.06. The van der Waals surface area contributed by atoms with Gasteiger partial charge >= 0.3 is 0 Å². The Morgan fingerprint density at radius 3 is 2.44 bits per heavy atom. The first-order chi connectivity index (χ1) is 4.04. The Labute approximate surface area is 54.0 Å². The summed E-state index contributed by atoms with van der Waals surface area (Å²) in [7, 11) is 1.45. The molecular formula is C5H12N2O2. The molecule has 0 saturated carbocycles. The molecule has 4 nitrogen and oxygen atoms in total. The molecule has 9 heavy (non-hydrogen) atoms. The number of carbonyl (C=O) groups excluding carboxylic acids is 1. The molecule has 0 radical (unpaired) electrons. The van der Waals surface area contributed by atoms with Gasteiger partial charge < -0.3 is 16.2 Å². The first-order valence-electron chi connectivity index (χ1n) is 2.69. The SMILES string of the molecule is CNC(=O)C(C)(O)CN. The number of amides is 1. The number of carbonyl (C=O) groups is 1. The Kier molecular flexibility index (Phi) is 2.61. The van der Waals surface area contributed by atoms with E-state index in [-0.39, 0.29) is 6.54 Å². The molecule has 0 aliphatic heterocycles. The van der Waals surface area contributed by atoms with E-state index in [1.54, 1.807) is 0 Å². The van der Waals surface area contributed by atoms with Crippen molar-refractivity contribution in [2.75, 3.05) is 13.6 Å². The molecule has 4 heteroatoms. The fourth-order valence-electron chi connectivity index (χ4n) is 0.362. The minimum absolute atomic E-state index is 0.0628. The standard InChI is InChI=1S/C5H12N2O2/c1-5(9,3-6)4(8)7-2/h9H,3,6H2,1-2H3,(H,7,8). The summed E-state index contributed by atoms with van der Waals surface area (Å²) in [5, 5.41) is 11.3. The van der Waals surface area contributed by atoms with E-state index >= 15 is 0 Å². The zero-order valence-corrected chi connectivity index (χ0v) is 5.64. The van der Waals surface area contributed by atoms with Gasteiger partial charge in [-0.05, 0) is 6.92 Å². The second-order valence-electron chi connectivity index (χ2n) is 2.06. The number of likely N-dealkylation sites (N-methyl/N-ethyl adjacent to an activating group) is 1. The second kappa shape index (κ2) is 2.80. The molecule has 0 aliphatic rings. The Morgan fingerprint density at radius 1 is 1.89 bits per heavy atom. The summed E-state index contributed by atoms with van der Waals surface area (Å²) >= 11 is 0. The van der Waals surface area contributed by atoms with Crippen LogP contribution in [0.15, 0.2) is 0 Å². The van der Waals surface area contributed by atoms with Gasteiger partial charge in [-0.25, -0.2) is 0 Å². The van der Waals surface area contributed by atoms with Gasteiger partial charge in [0.1, 0.15) is 0 Å². The number of nitrogens with one attached hydrogen (secondary N) is 1. The monoisotopic (exact) mass is 132 g/mol. The molecule has 0 heterocycles. The lowest BCUT2D eigenvalue weighted by Crippen LogP contribution is -2.48. The summed E-state index contributed by atoms with van der Waals surface area (Å²) in [5.74, 6) is -0.454. The summed E-state index contributed by atoms with van der Waals surface area (Å²) in [6.45, 7) is 1.30. The van der Waals surface area contributed by atoms with E-state index in [9.17, 15) is 4.79 Å². The molecular weight excluding hydrogens is 120 g/mol. The maximum atomic E-state index is 10.6. The number of hydrogen-bond acceptors (Lipinski definition) is 3. The Hall–Kier alpha value is -0.610. The van der Waals surface area contributed by atoms with Crippen LogP contribution in [-0.2, 0) is 4.79 Å². The van der Waals surface area contributed by atoms with Gasteiger partial charge in [0.05, 0.1) is 0 Å². The van der Waals surface area contributed by atoms with Crippen LogP contribution in [0.5, 0.6) is 0 Å². The predicted octanol–water partition coefficient (Wildman–Crippen LogP) is -1.56. The van der Waals surface area contributed by atoms with E-state index in [4.69, 9.17) is 10.8 Å². The number of nitrogens with two attached hydrogens (primary N) is 1. The number of aliphatic hydroxyl groups is 1. The van der Waals surface area contributed by atoms with Crippen LogP contribution in [0.2, 0.25) is 0 Å². The van der Waals surface area contributed by atoms with E-state index < -0.39 is 11.5 Å². The lowest BCUT2D eigenvalue weighted by Gasteiger charge is -2.17. The molecule has 4 N–H and O–H groups in total. The van der Waals surface area contributed by atoms with Crippen molar-refractivity contribution < 1.29 is 9.90 Å². The lowest BCUT2D eigenvalue weighted by molar-refractivity contribution is -0.136. The molecule has 1 atom stereocenters. The highest BCUT2D eigenvalue weighted by Crippen LogP contribution is 1.97. The van der Waals surface area contributed by atoms with Crippen LogP contribution in [0.3, 0.4) is 0 Å². The minimum atomic E-state index is -1.42. The zero-order valence-electron chi connectivity index (χ0n) is 5.64. The van der Waals surface area contributed by atoms with Gasteiger partial charge in [0.15, 0.2) is 5.60 Å². The van der Waals surface area contributed by atoms with Crippen molar-refractivity contribution >= 4 is 5.91 Å². The lowest BCUT2D eigenvalue weighted by atomic mass is 10.1. The normalized spacial score (nSPS) is 16.4. The van der Waals surface area contributed by atoms with Gasteiger partial charge in [0, 0.05) is 13.6 Å². The molecule has 0 aliphatic carbocycles. The van der Waals surface area contributed by atoms with Crippen LogP contribution >= 0.6 is 0 Å². The molecule has 0 fully saturated rings. The highest BCUT2D eigenvalue weighted by molar-refractivity contribution is 5.84. The third-order valence-electron chi connectivity index (χ3n) is 1.11. The zero-order chi connectivity index (χ0) is 7.49. The Balaban J connectivity index is 3.97. The molecule has 0 aromatic carbocycles. The minimum Gasteiger partial charge on any atom is -0.379 e. The number of rotatable bonds is 2. The molecule has 0 aromatic heterocycles. The van der Waals surface area contributed by atoms with E-state index in [0.29, 0.717) is 0 Å². The van der Waals surface area contributed by atoms with Crippen LogP contribution in [0.25, 0.3) is 0 Å². The van der Waals surface area contributed by atoms with Gasteiger partial charge in [0.25, 0.3) is 5.91 Å². The van der Waals surface area contributed by atoms with Crippen molar-refractivity contribution in [3.05, 3.63) is 0 Å². The molecule has 0 spiro atoms. The van der Waals surface area contributed by atoms with Crippen molar-refractivity contribution in [2.45, 2.75) is 12.5 Å². The molecule has 1 amide bonds. The van der Waals surface area contributed by atoms with Gasteiger partial charge in [-0.15, -0.1) is 0 Å². The third-order valence-corrected chi connectivity index (χ3v) is 1.11. The number of hydrogen-bond donors (Lipinski definition) is 3. The average Bonchev–Trinajstić information content (AvgIpc) is 1.86. The predicted molar refractivity (Wildman–Crippen MR) is 33.7 cm³/mol. The molecule has 54 valence electrons. The summed E-state index contributed by atoms with van der Waals surface area (Å²) in [6.07, 6.45) is 0. The van der Waals surface area contributed by atoms with Crippen LogP contribution < -0.4 is 11.1 Å². The molecule has 0 rings (SSSR count). The Morgan fingerprint density at radius 2 is 2.33 bits per heavy atom. The highest BCUT2D eigenvalue weighted by Gasteiger charge is 2.26. The van der Waals surface area contributed by atoms with Crippen LogP contribution in [0, 0.1) is 0 Å². The maximum absolute atomic E-state index is 10.6. The fraction of sp³-hybridized carbons (Fsp3) is 0.800. The summed E-state index contributed by atoms with van der Waals surface area (Å²) in [5.41, 5.74) is 3.65. The smallest absolute Gasteiger partial charge is 0.252 e. The van der Waals surface area contributed by atoms with Crippen LogP contribution in [0.1, 0.15) is 6.92 Å². The third kappa shape index (κ3) is 1.99. The van der Waals surface area contributed by atoms with Crippen molar-refractivity contribution in [1.29, 1.82) is 0 Å². The first kappa shape index (κ1) is 8.39. The quantitative estimate of drug-likeness (QED) is 0.425. The topological polar surface area (TPSA) is 75.3 Å². The van der Waals surface area contributed by atoms with Gasteiger partial charge in [-0.2, -0.15) is 0 Å². The van der Waals surface area contributed by atoms with E-state index in [1.807, 2.05) is 0 Å². The molecule has 1 unspecified atom stereocenters.